The summed E-state index contributed by atoms with van der Waals surface area (Å²) in [6, 6.07) is 15.7. The van der Waals surface area contributed by atoms with E-state index in [0.29, 0.717) is 12.1 Å². The van der Waals surface area contributed by atoms with Gasteiger partial charge in [0.2, 0.25) is 0 Å². The molecule has 2 aromatic rings. The van der Waals surface area contributed by atoms with Gasteiger partial charge in [-0.1, -0.05) is 18.2 Å². The van der Waals surface area contributed by atoms with E-state index in [2.05, 4.69) is 29.6 Å². The summed E-state index contributed by atoms with van der Waals surface area (Å²) in [5.41, 5.74) is 2.66. The van der Waals surface area contributed by atoms with Crippen LogP contribution in [0.15, 0.2) is 42.5 Å². The maximum atomic E-state index is 5.41. The molecule has 1 aliphatic rings. The molecule has 3 rings (SSSR count). The van der Waals surface area contributed by atoms with Crippen LogP contribution in [0.4, 0.5) is 0 Å². The molecule has 0 aliphatic carbocycles. The van der Waals surface area contributed by atoms with Gasteiger partial charge in [0.1, 0.15) is 5.75 Å². The summed E-state index contributed by atoms with van der Waals surface area (Å²) in [5, 5.41) is 3.80. The third kappa shape index (κ3) is 4.70. The number of hydrogen-bond donors (Lipinski definition) is 1. The van der Waals surface area contributed by atoms with Gasteiger partial charge in [0, 0.05) is 12.1 Å². The smallest absolute Gasteiger partial charge is 0.160 e. The summed E-state index contributed by atoms with van der Waals surface area (Å²) in [7, 11) is 5.06. The summed E-state index contributed by atoms with van der Waals surface area (Å²) in [5.74, 6) is 2.51. The van der Waals surface area contributed by atoms with Gasteiger partial charge in [-0.25, -0.2) is 0 Å². The highest BCUT2D eigenvalue weighted by molar-refractivity contribution is 5.43. The zero-order valence-electron chi connectivity index (χ0n) is 16.0. The summed E-state index contributed by atoms with van der Waals surface area (Å²) in [6.45, 7) is 0. The monoisotopic (exact) mass is 355 g/mol. The predicted molar refractivity (Wildman–Crippen MR) is 105 cm³/mol. The zero-order valence-corrected chi connectivity index (χ0v) is 16.0. The maximum absolute atomic E-state index is 5.41. The molecule has 1 saturated heterocycles. The van der Waals surface area contributed by atoms with Crippen molar-refractivity contribution in [1.29, 1.82) is 0 Å². The maximum Gasteiger partial charge on any atom is 0.160 e. The van der Waals surface area contributed by atoms with E-state index in [1.54, 1.807) is 21.3 Å². The molecular formula is C22H29NO3. The largest absolute Gasteiger partial charge is 0.497 e. The molecule has 0 radical (unpaired) electrons. The first kappa shape index (κ1) is 18.6. The Morgan fingerprint density at radius 3 is 2.19 bits per heavy atom. The van der Waals surface area contributed by atoms with Crippen molar-refractivity contribution in [2.75, 3.05) is 21.3 Å². The number of benzene rings is 2. The second-order valence-electron chi connectivity index (χ2n) is 6.92. The Hall–Kier alpha value is -2.20. The van der Waals surface area contributed by atoms with Gasteiger partial charge in [0.25, 0.3) is 0 Å². The normalized spacial score (nSPS) is 19.3. The van der Waals surface area contributed by atoms with Crippen LogP contribution in [0.1, 0.15) is 30.4 Å². The SMILES string of the molecule is COc1ccc(CCC2CCC(Cc3ccc(OC)c(OC)c3)N2)cc1. The molecule has 1 aliphatic heterocycles. The van der Waals surface area contributed by atoms with Crippen molar-refractivity contribution in [1.82, 2.24) is 5.32 Å². The molecule has 0 amide bonds. The molecular weight excluding hydrogens is 326 g/mol. The van der Waals surface area contributed by atoms with Gasteiger partial charge >= 0.3 is 0 Å². The van der Waals surface area contributed by atoms with Crippen LogP contribution in [-0.4, -0.2) is 33.4 Å². The average molecular weight is 355 g/mol. The number of nitrogens with one attached hydrogen (secondary N) is 1. The van der Waals surface area contributed by atoms with Gasteiger partial charge in [-0.15, -0.1) is 0 Å². The van der Waals surface area contributed by atoms with Crippen molar-refractivity contribution in [3.63, 3.8) is 0 Å². The molecule has 0 saturated carbocycles. The predicted octanol–water partition coefficient (Wildman–Crippen LogP) is 4.01. The molecule has 0 bridgehead atoms. The topological polar surface area (TPSA) is 39.7 Å². The first-order chi connectivity index (χ1) is 12.7. The number of ether oxygens (including phenoxy) is 3. The minimum atomic E-state index is 0.536. The van der Waals surface area contributed by atoms with Crippen molar-refractivity contribution in [3.05, 3.63) is 53.6 Å². The molecule has 4 nitrogen and oxygen atoms in total. The van der Waals surface area contributed by atoms with Crippen LogP contribution < -0.4 is 19.5 Å². The Balaban J connectivity index is 1.49. The molecule has 26 heavy (non-hydrogen) atoms. The summed E-state index contributed by atoms with van der Waals surface area (Å²) in [6.07, 6.45) is 5.77. The minimum absolute atomic E-state index is 0.536. The van der Waals surface area contributed by atoms with Gasteiger partial charge < -0.3 is 19.5 Å². The van der Waals surface area contributed by atoms with Gasteiger partial charge in [-0.2, -0.15) is 0 Å². The number of aryl methyl sites for hydroxylation is 1. The van der Waals surface area contributed by atoms with E-state index in [0.717, 1.165) is 30.1 Å². The molecule has 0 aromatic heterocycles. The molecule has 1 fully saturated rings. The fraction of sp³-hybridized carbons (Fsp3) is 0.455. The fourth-order valence-corrected chi connectivity index (χ4v) is 3.72. The molecule has 1 N–H and O–H groups in total. The van der Waals surface area contributed by atoms with Crippen molar-refractivity contribution in [2.45, 2.75) is 44.2 Å². The molecule has 2 aromatic carbocycles. The molecule has 2 unspecified atom stereocenters. The van der Waals surface area contributed by atoms with E-state index in [9.17, 15) is 0 Å². The van der Waals surface area contributed by atoms with E-state index in [1.807, 2.05) is 18.2 Å². The van der Waals surface area contributed by atoms with E-state index < -0.39 is 0 Å². The molecule has 0 spiro atoms. The van der Waals surface area contributed by atoms with Crippen molar-refractivity contribution in [3.8, 4) is 17.2 Å². The van der Waals surface area contributed by atoms with E-state index in [1.165, 1.54) is 30.4 Å². The minimum Gasteiger partial charge on any atom is -0.497 e. The van der Waals surface area contributed by atoms with E-state index in [-0.39, 0.29) is 0 Å². The van der Waals surface area contributed by atoms with Crippen LogP contribution in [0.25, 0.3) is 0 Å². The Morgan fingerprint density at radius 2 is 1.50 bits per heavy atom. The summed E-state index contributed by atoms with van der Waals surface area (Å²) < 4.78 is 16.0. The van der Waals surface area contributed by atoms with Crippen molar-refractivity contribution < 1.29 is 14.2 Å². The second-order valence-corrected chi connectivity index (χ2v) is 6.92. The first-order valence-electron chi connectivity index (χ1n) is 9.31. The lowest BCUT2D eigenvalue weighted by molar-refractivity contribution is 0.354. The van der Waals surface area contributed by atoms with Gasteiger partial charge in [-0.3, -0.25) is 0 Å². The van der Waals surface area contributed by atoms with Crippen molar-refractivity contribution >= 4 is 0 Å². The standard InChI is InChI=1S/C22H29NO3/c1-24-20-11-5-16(6-12-20)4-8-18-9-10-19(23-18)14-17-7-13-21(25-2)22(15-17)26-3/h5-7,11-13,15,18-19,23H,4,8-10,14H2,1-3H3. The second kappa shape index (κ2) is 8.95. The Morgan fingerprint density at radius 1 is 0.808 bits per heavy atom. The Kier molecular flexibility index (Phi) is 6.40. The third-order valence-electron chi connectivity index (χ3n) is 5.21. The van der Waals surface area contributed by atoms with Crippen LogP contribution in [0, 0.1) is 0 Å². The molecule has 1 heterocycles. The number of methoxy groups -OCH3 is 3. The van der Waals surface area contributed by atoms with Crippen LogP contribution in [0.5, 0.6) is 17.2 Å². The quantitative estimate of drug-likeness (QED) is 0.777. The third-order valence-corrected chi connectivity index (χ3v) is 5.21. The average Bonchev–Trinajstić information content (AvgIpc) is 3.14. The molecule has 2 atom stereocenters. The van der Waals surface area contributed by atoms with Crippen LogP contribution in [0.3, 0.4) is 0 Å². The highest BCUT2D eigenvalue weighted by atomic mass is 16.5. The highest BCUT2D eigenvalue weighted by Gasteiger charge is 2.23. The molecule has 4 heteroatoms. The zero-order chi connectivity index (χ0) is 18.4. The fourth-order valence-electron chi connectivity index (χ4n) is 3.72. The van der Waals surface area contributed by atoms with E-state index >= 15 is 0 Å². The number of rotatable bonds is 8. The van der Waals surface area contributed by atoms with E-state index in [4.69, 9.17) is 14.2 Å². The van der Waals surface area contributed by atoms with Crippen molar-refractivity contribution in [2.24, 2.45) is 0 Å². The molecule has 140 valence electrons. The summed E-state index contributed by atoms with van der Waals surface area (Å²) >= 11 is 0. The van der Waals surface area contributed by atoms with Crippen LogP contribution in [0.2, 0.25) is 0 Å². The lowest BCUT2D eigenvalue weighted by atomic mass is 10.0. The highest BCUT2D eigenvalue weighted by Crippen LogP contribution is 2.29. The lowest BCUT2D eigenvalue weighted by Crippen LogP contribution is -2.31. The Bertz CT molecular complexity index is 699. The summed E-state index contributed by atoms with van der Waals surface area (Å²) in [4.78, 5) is 0. The van der Waals surface area contributed by atoms with Gasteiger partial charge in [0.05, 0.1) is 21.3 Å². The van der Waals surface area contributed by atoms with Crippen LogP contribution in [-0.2, 0) is 12.8 Å². The van der Waals surface area contributed by atoms with Crippen LogP contribution >= 0.6 is 0 Å². The lowest BCUT2D eigenvalue weighted by Gasteiger charge is -2.16. The van der Waals surface area contributed by atoms with Gasteiger partial charge in [-0.05, 0) is 67.5 Å². The Labute approximate surface area is 156 Å². The van der Waals surface area contributed by atoms with Gasteiger partial charge in [0.15, 0.2) is 11.5 Å². The number of hydrogen-bond acceptors (Lipinski definition) is 4. The first-order valence-corrected chi connectivity index (χ1v) is 9.31.